The van der Waals surface area contributed by atoms with Crippen LogP contribution in [0.4, 0.5) is 0 Å². The second-order valence-corrected chi connectivity index (χ2v) is 13.6. The molecule has 238 valence electrons. The first kappa shape index (κ1) is 39.5. The highest BCUT2D eigenvalue weighted by Gasteiger charge is 2.12. The molecule has 0 aromatic carbocycles. The van der Waals surface area contributed by atoms with E-state index in [1.807, 2.05) is 0 Å². The fourth-order valence-electron chi connectivity index (χ4n) is 6.56. The van der Waals surface area contributed by atoms with Crippen molar-refractivity contribution in [3.05, 3.63) is 24.3 Å². The topological polar surface area (TPSA) is 0 Å². The average molecular weight is 559 g/mol. The van der Waals surface area contributed by atoms with Crippen LogP contribution < -0.4 is 0 Å². The fraction of sp³-hybridized carbons (Fsp3) is 0.900. The molecule has 0 aromatic heterocycles. The zero-order chi connectivity index (χ0) is 29.5. The summed E-state index contributed by atoms with van der Waals surface area (Å²) >= 11 is 0. The summed E-state index contributed by atoms with van der Waals surface area (Å²) in [6.07, 6.45) is 42.3. The van der Waals surface area contributed by atoms with Gasteiger partial charge in [-0.3, -0.25) is 0 Å². The monoisotopic (exact) mass is 559 g/mol. The summed E-state index contributed by atoms with van der Waals surface area (Å²) in [6, 6.07) is 0. The van der Waals surface area contributed by atoms with Gasteiger partial charge in [-0.1, -0.05) is 193 Å². The summed E-state index contributed by atoms with van der Waals surface area (Å²) in [5.74, 6) is 2.07. The van der Waals surface area contributed by atoms with Crippen LogP contribution >= 0.6 is 0 Å². The summed E-state index contributed by atoms with van der Waals surface area (Å²) in [4.78, 5) is 0. The Morgan fingerprint density at radius 3 is 1.45 bits per heavy atom. The molecule has 0 N–H and O–H groups in total. The molecule has 0 aliphatic heterocycles. The minimum atomic E-state index is 0.992. The van der Waals surface area contributed by atoms with E-state index in [4.69, 9.17) is 0 Å². The van der Waals surface area contributed by atoms with E-state index in [1.54, 1.807) is 0 Å². The Labute approximate surface area is 256 Å². The van der Waals surface area contributed by atoms with Crippen molar-refractivity contribution in [1.82, 2.24) is 0 Å². The van der Waals surface area contributed by atoms with Gasteiger partial charge in [0.05, 0.1) is 0 Å². The van der Waals surface area contributed by atoms with E-state index in [1.165, 1.54) is 204 Å². The molecule has 1 aliphatic rings. The minimum Gasteiger partial charge on any atom is -0.0999 e. The molecule has 1 fully saturated rings. The van der Waals surface area contributed by atoms with Crippen LogP contribution in [-0.2, 0) is 0 Å². The van der Waals surface area contributed by atoms with Crippen molar-refractivity contribution < 1.29 is 0 Å². The standard InChI is InChI=1S/C22H44.C18H34/c1-5-8-11-14-16-21(4)17-15-20-22(18-12-9-6-2)19-13-10-7-3;1-3-4-12-17(2)13-8-5-6-9-14-18-15-10-7-11-16-18/h22H,4-20H2,1-3H3;18H,2-16H2,1H3. The van der Waals surface area contributed by atoms with Gasteiger partial charge in [-0.15, -0.1) is 0 Å². The molecule has 0 atom stereocenters. The maximum Gasteiger partial charge on any atom is -0.0323 e. The first-order valence-electron chi connectivity index (χ1n) is 18.9. The van der Waals surface area contributed by atoms with E-state index in [2.05, 4.69) is 40.9 Å². The van der Waals surface area contributed by atoms with E-state index in [0.717, 1.165) is 11.8 Å². The normalized spacial score (nSPS) is 13.8. The zero-order valence-electron chi connectivity index (χ0n) is 28.8. The largest absolute Gasteiger partial charge is 0.0999 e. The van der Waals surface area contributed by atoms with E-state index in [0.29, 0.717) is 0 Å². The third-order valence-corrected chi connectivity index (χ3v) is 9.46. The maximum absolute atomic E-state index is 4.30. The molecular formula is C40H78. The van der Waals surface area contributed by atoms with Crippen molar-refractivity contribution in [3.8, 4) is 0 Å². The average Bonchev–Trinajstić information content (AvgIpc) is 2.97. The molecule has 0 heteroatoms. The number of allylic oxidation sites excluding steroid dienone is 2. The Bertz CT molecular complexity index is 512. The lowest BCUT2D eigenvalue weighted by Gasteiger charge is -2.21. The second-order valence-electron chi connectivity index (χ2n) is 13.6. The molecule has 1 rings (SSSR count). The van der Waals surface area contributed by atoms with Crippen molar-refractivity contribution in [2.75, 3.05) is 0 Å². The molecule has 40 heavy (non-hydrogen) atoms. The number of hydrogen-bond acceptors (Lipinski definition) is 0. The molecule has 0 amide bonds. The van der Waals surface area contributed by atoms with Gasteiger partial charge in [0.1, 0.15) is 0 Å². The summed E-state index contributed by atoms with van der Waals surface area (Å²) in [5, 5.41) is 0. The highest BCUT2D eigenvalue weighted by Crippen LogP contribution is 2.28. The molecule has 0 bridgehead atoms. The van der Waals surface area contributed by atoms with E-state index < -0.39 is 0 Å². The van der Waals surface area contributed by atoms with E-state index in [9.17, 15) is 0 Å². The van der Waals surface area contributed by atoms with Gasteiger partial charge in [-0.25, -0.2) is 0 Å². The molecule has 0 saturated heterocycles. The van der Waals surface area contributed by atoms with E-state index >= 15 is 0 Å². The van der Waals surface area contributed by atoms with Crippen LogP contribution in [0.2, 0.25) is 0 Å². The SMILES string of the molecule is C=C(CCCC)CCCCCCC1CCCCC1.C=C(CCCCCC)CCCC(CCCCC)CCCCC. The van der Waals surface area contributed by atoms with Crippen LogP contribution in [0, 0.1) is 11.8 Å². The fourth-order valence-corrected chi connectivity index (χ4v) is 6.56. The number of unbranched alkanes of at least 4 members (excludes halogenated alkanes) is 11. The highest BCUT2D eigenvalue weighted by atomic mass is 14.2. The minimum absolute atomic E-state index is 0.992. The van der Waals surface area contributed by atoms with Crippen molar-refractivity contribution in [2.45, 2.75) is 220 Å². The Hall–Kier alpha value is -0.520. The molecule has 0 nitrogen and oxygen atoms in total. The summed E-state index contributed by atoms with van der Waals surface area (Å²) in [7, 11) is 0. The lowest BCUT2D eigenvalue weighted by molar-refractivity contribution is 0.328. The molecule has 0 aromatic rings. The predicted octanol–water partition coefficient (Wildman–Crippen LogP) is 15.1. The first-order valence-corrected chi connectivity index (χ1v) is 18.9. The Morgan fingerprint density at radius 1 is 0.475 bits per heavy atom. The quantitative estimate of drug-likeness (QED) is 0.0694. The molecule has 0 unspecified atom stereocenters. The number of hydrogen-bond donors (Lipinski definition) is 0. The molecular weight excluding hydrogens is 480 g/mol. The van der Waals surface area contributed by atoms with Gasteiger partial charge < -0.3 is 0 Å². The predicted molar refractivity (Wildman–Crippen MR) is 186 cm³/mol. The van der Waals surface area contributed by atoms with Gasteiger partial charge in [0.25, 0.3) is 0 Å². The Kier molecular flexibility index (Phi) is 31.0. The summed E-state index contributed by atoms with van der Waals surface area (Å²) < 4.78 is 0. The Balaban J connectivity index is 0.000000774. The van der Waals surface area contributed by atoms with Gasteiger partial charge in [-0.05, 0) is 63.2 Å². The molecule has 1 saturated carbocycles. The number of rotatable bonds is 27. The third-order valence-electron chi connectivity index (χ3n) is 9.46. The molecule has 0 heterocycles. The lowest BCUT2D eigenvalue weighted by atomic mass is 9.85. The van der Waals surface area contributed by atoms with Crippen molar-refractivity contribution >= 4 is 0 Å². The van der Waals surface area contributed by atoms with Crippen molar-refractivity contribution in [1.29, 1.82) is 0 Å². The highest BCUT2D eigenvalue weighted by molar-refractivity contribution is 4.94. The van der Waals surface area contributed by atoms with E-state index in [-0.39, 0.29) is 0 Å². The van der Waals surface area contributed by atoms with Gasteiger partial charge in [0, 0.05) is 0 Å². The van der Waals surface area contributed by atoms with Gasteiger partial charge in [0.2, 0.25) is 0 Å². The van der Waals surface area contributed by atoms with Crippen LogP contribution in [-0.4, -0.2) is 0 Å². The van der Waals surface area contributed by atoms with Gasteiger partial charge in [0.15, 0.2) is 0 Å². The first-order chi connectivity index (χ1) is 19.6. The second kappa shape index (κ2) is 31.4. The van der Waals surface area contributed by atoms with Crippen LogP contribution in [0.5, 0.6) is 0 Å². The maximum atomic E-state index is 4.30. The summed E-state index contributed by atoms with van der Waals surface area (Å²) in [5.41, 5.74) is 3.00. The molecule has 0 spiro atoms. The van der Waals surface area contributed by atoms with Crippen LogP contribution in [0.1, 0.15) is 220 Å². The lowest BCUT2D eigenvalue weighted by Crippen LogP contribution is -2.05. The zero-order valence-corrected chi connectivity index (χ0v) is 28.8. The molecule has 0 radical (unpaired) electrons. The van der Waals surface area contributed by atoms with Crippen molar-refractivity contribution in [3.63, 3.8) is 0 Å². The molecule has 1 aliphatic carbocycles. The van der Waals surface area contributed by atoms with Crippen LogP contribution in [0.3, 0.4) is 0 Å². The summed E-state index contributed by atoms with van der Waals surface area (Å²) in [6.45, 7) is 17.7. The van der Waals surface area contributed by atoms with Gasteiger partial charge in [-0.2, -0.15) is 0 Å². The van der Waals surface area contributed by atoms with Gasteiger partial charge >= 0.3 is 0 Å². The van der Waals surface area contributed by atoms with Crippen molar-refractivity contribution in [2.24, 2.45) is 11.8 Å². The van der Waals surface area contributed by atoms with Crippen LogP contribution in [0.15, 0.2) is 24.3 Å². The Morgan fingerprint density at radius 2 is 0.900 bits per heavy atom. The van der Waals surface area contributed by atoms with Crippen LogP contribution in [0.25, 0.3) is 0 Å². The third kappa shape index (κ3) is 27.6. The smallest absolute Gasteiger partial charge is 0.0323 e.